The summed E-state index contributed by atoms with van der Waals surface area (Å²) in [7, 11) is -1.25. The quantitative estimate of drug-likeness (QED) is 0.837. The van der Waals surface area contributed by atoms with Gasteiger partial charge in [0.25, 0.3) is 0 Å². The summed E-state index contributed by atoms with van der Waals surface area (Å²) in [6.07, 6.45) is 0.441. The van der Waals surface area contributed by atoms with Gasteiger partial charge in [-0.3, -0.25) is 0 Å². The first-order valence-corrected chi connectivity index (χ1v) is 6.65. The number of aromatic carboxylic acids is 1. The van der Waals surface area contributed by atoms with Crippen molar-refractivity contribution >= 4 is 42.1 Å². The van der Waals surface area contributed by atoms with Crippen LogP contribution in [0.3, 0.4) is 0 Å². The van der Waals surface area contributed by atoms with E-state index in [9.17, 15) is 19.7 Å². The Balaban J connectivity index is 2.48. The van der Waals surface area contributed by atoms with Crippen LogP contribution in [0, 0.1) is 0 Å². The van der Waals surface area contributed by atoms with Crippen LogP contribution >= 0.6 is 23.2 Å². The summed E-state index contributed by atoms with van der Waals surface area (Å²) in [5.74, 6) is -1.79. The minimum Gasteiger partial charge on any atom is -0.535 e. The largest absolute Gasteiger partial charge is 0.535 e. The van der Waals surface area contributed by atoms with E-state index >= 15 is 0 Å². The number of benzene rings is 1. The monoisotopic (exact) mass is 316 g/mol. The van der Waals surface area contributed by atoms with Crippen LogP contribution in [-0.4, -0.2) is 29.0 Å². The number of rotatable bonds is 3. The molecule has 2 rings (SSSR count). The fraction of sp³-hybridized carbons (Fsp3) is 0.333. The van der Waals surface area contributed by atoms with Crippen LogP contribution < -0.4 is 4.65 Å². The van der Waals surface area contributed by atoms with Crippen molar-refractivity contribution in [3.63, 3.8) is 0 Å². The first-order chi connectivity index (χ1) is 9.31. The molecule has 0 fully saturated rings. The Morgan fingerprint density at radius 3 is 2.70 bits per heavy atom. The van der Waals surface area contributed by atoms with Gasteiger partial charge in [-0.1, -0.05) is 23.2 Å². The van der Waals surface area contributed by atoms with Crippen LogP contribution in [0.5, 0.6) is 5.75 Å². The molecule has 0 amide bonds. The van der Waals surface area contributed by atoms with Crippen LogP contribution in [-0.2, 0) is 11.2 Å². The second-order valence-electron chi connectivity index (χ2n) is 4.72. The summed E-state index contributed by atoms with van der Waals surface area (Å²) < 4.78 is 5.25. The molecule has 0 saturated carbocycles. The van der Waals surface area contributed by atoms with Crippen molar-refractivity contribution in [2.45, 2.75) is 25.6 Å². The Morgan fingerprint density at radius 2 is 2.15 bits per heavy atom. The van der Waals surface area contributed by atoms with Crippen LogP contribution in [0.2, 0.25) is 15.9 Å². The van der Waals surface area contributed by atoms with Gasteiger partial charge >= 0.3 is 13.1 Å². The summed E-state index contributed by atoms with van der Waals surface area (Å²) in [6.45, 7) is 1.42. The number of Topliss-reactive ketones (excluding diaryl/α,β-unsaturated/α-hetero) is 1. The highest BCUT2D eigenvalue weighted by Crippen LogP contribution is 2.42. The van der Waals surface area contributed by atoms with Crippen molar-refractivity contribution in [2.75, 3.05) is 0 Å². The number of hydrogen-bond donors (Lipinski definition) is 2. The standard InChI is InChI=1S/C12H11BCl2O5/c1-5(16)2-7-3-6-4-8(14)10(15)9(12(17)18)11(6)20-13(7)19/h4,7,19H,2-3H2,1H3,(H,17,18)/t7-/m0/s1. The van der Waals surface area contributed by atoms with Crippen molar-refractivity contribution < 1.29 is 24.4 Å². The minimum atomic E-state index is -1.29. The highest BCUT2D eigenvalue weighted by Gasteiger charge is 2.38. The van der Waals surface area contributed by atoms with Crippen LogP contribution in [0.1, 0.15) is 29.3 Å². The van der Waals surface area contributed by atoms with Gasteiger partial charge in [0.05, 0.1) is 10.0 Å². The smallest absolute Gasteiger partial charge is 0.526 e. The molecule has 20 heavy (non-hydrogen) atoms. The second kappa shape index (κ2) is 5.64. The van der Waals surface area contributed by atoms with E-state index < -0.39 is 18.9 Å². The van der Waals surface area contributed by atoms with Gasteiger partial charge < -0.3 is 19.6 Å². The molecule has 106 valence electrons. The minimum absolute atomic E-state index is 0.0132. The molecule has 0 bridgehead atoms. The lowest BCUT2D eigenvalue weighted by Crippen LogP contribution is -2.35. The van der Waals surface area contributed by atoms with Gasteiger partial charge in [0, 0.05) is 12.2 Å². The van der Waals surface area contributed by atoms with Gasteiger partial charge in [0.1, 0.15) is 17.1 Å². The van der Waals surface area contributed by atoms with Gasteiger partial charge in [-0.25, -0.2) is 4.79 Å². The van der Waals surface area contributed by atoms with E-state index in [0.29, 0.717) is 12.0 Å². The summed E-state index contributed by atoms with van der Waals surface area (Å²) >= 11 is 11.8. The number of carbonyl (C=O) groups is 2. The molecule has 0 saturated heterocycles. The topological polar surface area (TPSA) is 83.8 Å². The number of hydrogen-bond acceptors (Lipinski definition) is 4. The van der Waals surface area contributed by atoms with Crippen molar-refractivity contribution in [3.8, 4) is 5.75 Å². The van der Waals surface area contributed by atoms with Crippen molar-refractivity contribution in [1.82, 2.24) is 0 Å². The third kappa shape index (κ3) is 2.77. The van der Waals surface area contributed by atoms with Crippen LogP contribution in [0.4, 0.5) is 0 Å². The van der Waals surface area contributed by atoms with Gasteiger partial charge in [0.15, 0.2) is 0 Å². The van der Waals surface area contributed by atoms with E-state index in [-0.39, 0.29) is 33.6 Å². The molecule has 1 heterocycles. The number of carboxylic acid groups (broad SMARTS) is 1. The second-order valence-corrected chi connectivity index (χ2v) is 5.50. The zero-order chi connectivity index (χ0) is 15.0. The van der Waals surface area contributed by atoms with E-state index in [1.807, 2.05) is 0 Å². The molecular weight excluding hydrogens is 306 g/mol. The zero-order valence-corrected chi connectivity index (χ0v) is 12.0. The van der Waals surface area contributed by atoms with Gasteiger partial charge in [-0.15, -0.1) is 0 Å². The zero-order valence-electron chi connectivity index (χ0n) is 10.5. The maximum atomic E-state index is 11.3. The van der Waals surface area contributed by atoms with E-state index in [1.54, 1.807) is 0 Å². The highest BCUT2D eigenvalue weighted by molar-refractivity contribution is 6.48. The molecule has 1 aliphatic rings. The van der Waals surface area contributed by atoms with Crippen LogP contribution in [0.25, 0.3) is 0 Å². The Morgan fingerprint density at radius 1 is 1.50 bits per heavy atom. The number of halogens is 2. The predicted octanol–water partition coefficient (Wildman–Crippen LogP) is 2.46. The predicted molar refractivity (Wildman–Crippen MR) is 74.8 cm³/mol. The molecule has 1 aromatic carbocycles. The average Bonchev–Trinajstić information content (AvgIpc) is 2.32. The van der Waals surface area contributed by atoms with Gasteiger partial charge in [0.2, 0.25) is 0 Å². The van der Waals surface area contributed by atoms with Gasteiger partial charge in [-0.2, -0.15) is 0 Å². The van der Waals surface area contributed by atoms with Crippen molar-refractivity contribution in [2.24, 2.45) is 0 Å². The molecule has 0 aliphatic carbocycles. The van der Waals surface area contributed by atoms with E-state index in [2.05, 4.69) is 0 Å². The lowest BCUT2D eigenvalue weighted by atomic mass is 9.64. The van der Waals surface area contributed by atoms with Gasteiger partial charge in [-0.05, 0) is 25.0 Å². The normalized spacial score (nSPS) is 17.4. The number of fused-ring (bicyclic) bond motifs is 1. The molecule has 0 radical (unpaired) electrons. The third-order valence-corrected chi connectivity index (χ3v) is 3.92. The van der Waals surface area contributed by atoms with E-state index in [4.69, 9.17) is 27.9 Å². The number of carboxylic acids is 1. The average molecular weight is 317 g/mol. The molecule has 0 unspecified atom stereocenters. The van der Waals surface area contributed by atoms with Crippen molar-refractivity contribution in [3.05, 3.63) is 27.2 Å². The van der Waals surface area contributed by atoms with E-state index in [0.717, 1.165) is 0 Å². The highest BCUT2D eigenvalue weighted by atomic mass is 35.5. The SMILES string of the molecule is CC(=O)C[C@H]1Cc2cc(Cl)c(Cl)c(C(=O)O)c2OB1O. The molecule has 0 aromatic heterocycles. The summed E-state index contributed by atoms with van der Waals surface area (Å²) in [5, 5.41) is 19.0. The fourth-order valence-electron chi connectivity index (χ4n) is 2.28. The summed E-state index contributed by atoms with van der Waals surface area (Å²) in [5.41, 5.74) is 0.253. The molecule has 8 heteroatoms. The van der Waals surface area contributed by atoms with Crippen LogP contribution in [0.15, 0.2) is 6.07 Å². The lowest BCUT2D eigenvalue weighted by molar-refractivity contribution is -0.117. The molecule has 5 nitrogen and oxygen atoms in total. The Labute approximate surface area is 125 Å². The number of ketones is 1. The molecule has 2 N–H and O–H groups in total. The first kappa shape index (κ1) is 15.2. The molecule has 1 aromatic rings. The molecular formula is C12H11BCl2O5. The lowest BCUT2D eigenvalue weighted by Gasteiger charge is -2.28. The Kier molecular flexibility index (Phi) is 4.27. The van der Waals surface area contributed by atoms with Crippen molar-refractivity contribution in [1.29, 1.82) is 0 Å². The Hall–Kier alpha value is -1.24. The number of carbonyl (C=O) groups excluding carboxylic acids is 1. The Bertz CT molecular complexity index is 590. The maximum Gasteiger partial charge on any atom is 0.526 e. The maximum absolute atomic E-state index is 11.3. The first-order valence-electron chi connectivity index (χ1n) is 5.89. The molecule has 0 spiro atoms. The fourth-order valence-corrected chi connectivity index (χ4v) is 2.73. The molecule has 1 aliphatic heterocycles. The summed E-state index contributed by atoms with van der Waals surface area (Å²) in [6, 6.07) is 1.50. The molecule has 1 atom stereocenters. The van der Waals surface area contributed by atoms with E-state index in [1.165, 1.54) is 13.0 Å². The summed E-state index contributed by atoms with van der Waals surface area (Å²) in [4.78, 5) is 22.4. The third-order valence-electron chi connectivity index (χ3n) is 3.14.